The molecule has 0 saturated heterocycles. The minimum atomic E-state index is -0.275. The van der Waals surface area contributed by atoms with Crippen molar-refractivity contribution in [1.29, 1.82) is 0 Å². The van der Waals surface area contributed by atoms with Crippen LogP contribution in [-0.2, 0) is 6.54 Å². The van der Waals surface area contributed by atoms with E-state index in [4.69, 9.17) is 17.3 Å². The average Bonchev–Trinajstić information content (AvgIpc) is 2.81. The van der Waals surface area contributed by atoms with Crippen molar-refractivity contribution in [2.45, 2.75) is 20.4 Å². The van der Waals surface area contributed by atoms with E-state index in [0.29, 0.717) is 39.4 Å². The summed E-state index contributed by atoms with van der Waals surface area (Å²) in [4.78, 5) is 27.8. The molecule has 0 fully saturated rings. The van der Waals surface area contributed by atoms with Gasteiger partial charge in [-0.25, -0.2) is 0 Å². The Bertz CT molecular complexity index is 1140. The van der Waals surface area contributed by atoms with E-state index in [1.807, 2.05) is 44.2 Å². The fraction of sp³-hybridized carbons (Fsp3) is 0.231. The molecule has 0 bridgehead atoms. The average molecular weight is 529 g/mol. The van der Waals surface area contributed by atoms with Crippen LogP contribution in [0.25, 0.3) is 0 Å². The quantitative estimate of drug-likeness (QED) is 0.377. The van der Waals surface area contributed by atoms with Crippen molar-refractivity contribution < 1.29 is 9.59 Å². The third-order valence-corrected chi connectivity index (χ3v) is 6.32. The summed E-state index contributed by atoms with van der Waals surface area (Å²) in [6, 6.07) is 21.6. The van der Waals surface area contributed by atoms with Crippen LogP contribution in [-0.4, -0.2) is 29.8 Å². The van der Waals surface area contributed by atoms with Crippen LogP contribution >= 0.6 is 27.5 Å². The van der Waals surface area contributed by atoms with Crippen molar-refractivity contribution in [3.05, 3.63) is 99.0 Å². The molecule has 0 heterocycles. The Morgan fingerprint density at radius 1 is 1.03 bits per heavy atom. The third-order valence-electron chi connectivity index (χ3n) is 5.26. The molecule has 0 aromatic heterocycles. The first kappa shape index (κ1) is 25.0. The van der Waals surface area contributed by atoms with Gasteiger partial charge in [-0.15, -0.1) is 0 Å². The van der Waals surface area contributed by atoms with Crippen LogP contribution in [0.15, 0.2) is 77.3 Å². The molecule has 3 aromatic carbocycles. The van der Waals surface area contributed by atoms with E-state index in [1.165, 1.54) is 0 Å². The van der Waals surface area contributed by atoms with E-state index in [-0.39, 0.29) is 23.8 Å². The topological polar surface area (TPSA) is 75.4 Å². The fourth-order valence-electron chi connectivity index (χ4n) is 3.37. The maximum absolute atomic E-state index is 13.3. The molecule has 7 heteroatoms. The number of amides is 2. The first-order valence-corrected chi connectivity index (χ1v) is 11.8. The first-order chi connectivity index (χ1) is 15.7. The van der Waals surface area contributed by atoms with Crippen molar-refractivity contribution in [2.75, 3.05) is 18.4 Å². The number of nitrogens with two attached hydrogens (primary N) is 1. The highest BCUT2D eigenvalue weighted by atomic mass is 79.9. The van der Waals surface area contributed by atoms with Gasteiger partial charge in [0.15, 0.2) is 0 Å². The van der Waals surface area contributed by atoms with Gasteiger partial charge in [0.1, 0.15) is 0 Å². The smallest absolute Gasteiger partial charge is 0.256 e. The van der Waals surface area contributed by atoms with Crippen molar-refractivity contribution in [3.63, 3.8) is 0 Å². The molecule has 0 aliphatic heterocycles. The molecular formula is C26H27BrClN3O2. The van der Waals surface area contributed by atoms with Gasteiger partial charge >= 0.3 is 0 Å². The van der Waals surface area contributed by atoms with Crippen molar-refractivity contribution >= 4 is 45.0 Å². The van der Waals surface area contributed by atoms with Crippen LogP contribution in [0.2, 0.25) is 5.02 Å². The Morgan fingerprint density at radius 2 is 1.70 bits per heavy atom. The van der Waals surface area contributed by atoms with Gasteiger partial charge in [0.25, 0.3) is 11.8 Å². The largest absolute Gasteiger partial charge is 0.334 e. The number of nitrogens with one attached hydrogen (secondary N) is 1. The Labute approximate surface area is 208 Å². The number of halogens is 2. The third kappa shape index (κ3) is 6.67. The number of carbonyl (C=O) groups excluding carboxylic acids is 2. The summed E-state index contributed by atoms with van der Waals surface area (Å²) in [6.45, 7) is 5.22. The summed E-state index contributed by atoms with van der Waals surface area (Å²) < 4.78 is 0.709. The molecule has 3 rings (SSSR count). The highest BCUT2D eigenvalue weighted by Crippen LogP contribution is 2.26. The summed E-state index contributed by atoms with van der Waals surface area (Å²) >= 11 is 9.90. The summed E-state index contributed by atoms with van der Waals surface area (Å²) in [5.41, 5.74) is 8.13. The minimum absolute atomic E-state index is 0.101. The lowest BCUT2D eigenvalue weighted by Gasteiger charge is -2.32. The highest BCUT2D eigenvalue weighted by molar-refractivity contribution is 9.10. The molecule has 0 spiro atoms. The first-order valence-electron chi connectivity index (χ1n) is 10.6. The van der Waals surface area contributed by atoms with E-state index in [9.17, 15) is 9.59 Å². The van der Waals surface area contributed by atoms with E-state index < -0.39 is 0 Å². The predicted molar refractivity (Wildman–Crippen MR) is 138 cm³/mol. The molecule has 0 aliphatic rings. The molecule has 0 unspecified atom stereocenters. The van der Waals surface area contributed by atoms with Crippen LogP contribution in [0.1, 0.15) is 40.1 Å². The second-order valence-corrected chi connectivity index (χ2v) is 9.90. The van der Waals surface area contributed by atoms with Crippen LogP contribution in [0.5, 0.6) is 0 Å². The van der Waals surface area contributed by atoms with Crippen molar-refractivity contribution in [3.8, 4) is 0 Å². The van der Waals surface area contributed by atoms with Gasteiger partial charge in [-0.3, -0.25) is 9.59 Å². The molecule has 172 valence electrons. The van der Waals surface area contributed by atoms with Gasteiger partial charge in [0.05, 0.1) is 5.56 Å². The molecule has 2 amide bonds. The van der Waals surface area contributed by atoms with Gasteiger partial charge in [-0.05, 0) is 75.9 Å². The Balaban J connectivity index is 1.87. The summed E-state index contributed by atoms with van der Waals surface area (Å²) in [5.74, 6) is -0.340. The van der Waals surface area contributed by atoms with Gasteiger partial charge < -0.3 is 16.0 Å². The van der Waals surface area contributed by atoms with E-state index in [0.717, 1.165) is 5.56 Å². The second kappa shape index (κ2) is 11.0. The fourth-order valence-corrected chi connectivity index (χ4v) is 4.01. The van der Waals surface area contributed by atoms with E-state index >= 15 is 0 Å². The number of hydrogen-bond acceptors (Lipinski definition) is 3. The van der Waals surface area contributed by atoms with Crippen molar-refractivity contribution in [2.24, 2.45) is 11.1 Å². The maximum atomic E-state index is 13.3. The van der Waals surface area contributed by atoms with Gasteiger partial charge in [-0.1, -0.05) is 55.8 Å². The zero-order valence-corrected chi connectivity index (χ0v) is 21.0. The van der Waals surface area contributed by atoms with Crippen LogP contribution in [0.3, 0.4) is 0 Å². The standard InChI is InChI=1S/C26H27BrClN3O2/c1-26(2,16-29)17-31(25(33)18-8-4-3-5-9-18)15-19-14-20(12-13-23(19)28)30-24(32)21-10-6-7-11-22(21)27/h3-14H,15-17,29H2,1-2H3,(H,30,32). The summed E-state index contributed by atoms with van der Waals surface area (Å²) in [7, 11) is 0. The van der Waals surface area contributed by atoms with Gasteiger partial charge in [-0.2, -0.15) is 0 Å². The zero-order chi connectivity index (χ0) is 24.0. The number of benzene rings is 3. The van der Waals surface area contributed by atoms with E-state index in [1.54, 1.807) is 47.4 Å². The SMILES string of the molecule is CC(C)(CN)CN(Cc1cc(NC(=O)c2ccccc2Br)ccc1Cl)C(=O)c1ccccc1. The maximum Gasteiger partial charge on any atom is 0.256 e. The number of carbonyl (C=O) groups is 2. The normalized spacial score (nSPS) is 11.2. The lowest BCUT2D eigenvalue weighted by Crippen LogP contribution is -2.41. The predicted octanol–water partition coefficient (Wildman–Crippen LogP) is 5.98. The van der Waals surface area contributed by atoms with Crippen LogP contribution in [0, 0.1) is 5.41 Å². The van der Waals surface area contributed by atoms with Gasteiger partial charge in [0, 0.05) is 33.8 Å². The molecule has 0 aliphatic carbocycles. The Hall–Kier alpha value is -2.67. The number of nitrogens with zero attached hydrogens (tertiary/aromatic N) is 1. The monoisotopic (exact) mass is 527 g/mol. The number of anilines is 1. The Kier molecular flexibility index (Phi) is 8.30. The molecule has 3 N–H and O–H groups in total. The van der Waals surface area contributed by atoms with E-state index in [2.05, 4.69) is 21.2 Å². The molecule has 0 radical (unpaired) electrons. The molecule has 5 nitrogen and oxygen atoms in total. The summed E-state index contributed by atoms with van der Waals surface area (Å²) in [5, 5.41) is 3.43. The zero-order valence-electron chi connectivity index (χ0n) is 18.6. The molecular weight excluding hydrogens is 502 g/mol. The highest BCUT2D eigenvalue weighted by Gasteiger charge is 2.25. The molecule has 0 saturated carbocycles. The molecule has 0 atom stereocenters. The lowest BCUT2D eigenvalue weighted by molar-refractivity contribution is 0.0673. The lowest BCUT2D eigenvalue weighted by atomic mass is 9.92. The summed E-state index contributed by atoms with van der Waals surface area (Å²) in [6.07, 6.45) is 0. The Morgan fingerprint density at radius 3 is 2.36 bits per heavy atom. The second-order valence-electron chi connectivity index (χ2n) is 8.64. The van der Waals surface area contributed by atoms with Gasteiger partial charge in [0.2, 0.25) is 0 Å². The van der Waals surface area contributed by atoms with Crippen LogP contribution in [0.4, 0.5) is 5.69 Å². The van der Waals surface area contributed by atoms with Crippen molar-refractivity contribution in [1.82, 2.24) is 4.90 Å². The number of rotatable bonds is 8. The van der Waals surface area contributed by atoms with Crippen LogP contribution < -0.4 is 11.1 Å². The minimum Gasteiger partial charge on any atom is -0.334 e. The molecule has 33 heavy (non-hydrogen) atoms. The molecule has 3 aromatic rings. The number of hydrogen-bond donors (Lipinski definition) is 2.